The topological polar surface area (TPSA) is 63.2 Å². The minimum absolute atomic E-state index is 0. The second-order valence-electron chi connectivity index (χ2n) is 0.250. The second-order valence-corrected chi connectivity index (χ2v) is 0.250. The third kappa shape index (κ3) is 45.0. The molecular weight excluding hydrogens is 207 g/mol. The van der Waals surface area contributed by atoms with Gasteiger partial charge in [0.15, 0.2) is 0 Å². The molecule has 0 radical (unpaired) electrons. The minimum atomic E-state index is -2.33. The van der Waals surface area contributed by atoms with Gasteiger partial charge in [0.05, 0.1) is 0 Å². The first-order valence-electron chi connectivity index (χ1n) is 0.612. The smallest absolute Gasteiger partial charge is 0.652 e. The van der Waals surface area contributed by atoms with Gasteiger partial charge in [-0.05, 0) is 6.16 Å². The molecule has 0 aliphatic heterocycles. The fourth-order valence-electron chi connectivity index (χ4n) is 0. The van der Waals surface area contributed by atoms with E-state index in [9.17, 15) is 0 Å². The molecule has 0 heterocycles. The van der Waals surface area contributed by atoms with Gasteiger partial charge in [0.1, 0.15) is 0 Å². The van der Waals surface area contributed by atoms with Gasteiger partial charge in [0.2, 0.25) is 0 Å². The Labute approximate surface area is 93.0 Å². The van der Waals surface area contributed by atoms with Crippen LogP contribution in [0.5, 0.6) is 0 Å². The third-order valence-electron chi connectivity index (χ3n) is 0. The van der Waals surface area contributed by atoms with Crippen LogP contribution in [0.2, 0.25) is 0 Å². The molecule has 5 heteroatoms. The largest absolute Gasteiger partial charge is 1.00 e. The standard InChI is InChI=1S/CH2O3.Ag.K/c2-1(3)4;;/h(H2,2,3,4);;/q;2*+1/p-2. The molecule has 0 N–H and O–H groups in total. The molecule has 0 aromatic rings. The van der Waals surface area contributed by atoms with Crippen LogP contribution >= 0.6 is 0 Å². The number of hydrogen-bond acceptors (Lipinski definition) is 3. The maximum absolute atomic E-state index is 8.33. The maximum atomic E-state index is 8.33. The molecule has 0 bridgehead atoms. The average molecular weight is 207 g/mol. The number of rotatable bonds is 0. The predicted molar refractivity (Wildman–Crippen MR) is 5.40 cm³/mol. The van der Waals surface area contributed by atoms with Crippen LogP contribution in [0, 0.1) is 0 Å². The van der Waals surface area contributed by atoms with Gasteiger partial charge in [-0.15, -0.1) is 0 Å². The van der Waals surface area contributed by atoms with Gasteiger partial charge in [0, 0.05) is 0 Å². The van der Waals surface area contributed by atoms with E-state index >= 15 is 0 Å². The summed E-state index contributed by atoms with van der Waals surface area (Å²) in [6.45, 7) is 0. The molecule has 0 unspecified atom stereocenters. The molecule has 6 heavy (non-hydrogen) atoms. The van der Waals surface area contributed by atoms with Crippen LogP contribution in [0.4, 0.5) is 4.79 Å². The number of hydrogen-bond donors (Lipinski definition) is 0. The van der Waals surface area contributed by atoms with Crippen molar-refractivity contribution in [1.82, 2.24) is 0 Å². The van der Waals surface area contributed by atoms with Gasteiger partial charge >= 0.3 is 73.8 Å². The van der Waals surface area contributed by atoms with E-state index in [1.54, 1.807) is 0 Å². The van der Waals surface area contributed by atoms with Crippen LogP contribution in [-0.4, -0.2) is 6.16 Å². The molecular formula is CAgKO3. The molecule has 0 saturated carbocycles. The van der Waals surface area contributed by atoms with E-state index < -0.39 is 6.16 Å². The monoisotopic (exact) mass is 206 g/mol. The minimum Gasteiger partial charge on any atom is -0.652 e. The summed E-state index contributed by atoms with van der Waals surface area (Å²) in [6.07, 6.45) is -2.33. The van der Waals surface area contributed by atoms with Crippen molar-refractivity contribution < 1.29 is 88.8 Å². The van der Waals surface area contributed by atoms with E-state index in [1.807, 2.05) is 0 Å². The van der Waals surface area contributed by atoms with E-state index in [0.29, 0.717) is 0 Å². The molecule has 0 fully saturated rings. The SMILES string of the molecule is O=C([O-])[O-].[Ag+].[K+]. The van der Waals surface area contributed by atoms with Crippen molar-refractivity contribution in [3.05, 3.63) is 0 Å². The van der Waals surface area contributed by atoms with Crippen LogP contribution in [0.25, 0.3) is 0 Å². The van der Waals surface area contributed by atoms with Crippen molar-refractivity contribution in [2.75, 3.05) is 0 Å². The van der Waals surface area contributed by atoms with Gasteiger partial charge in [-0.2, -0.15) is 0 Å². The van der Waals surface area contributed by atoms with Crippen LogP contribution in [0.15, 0.2) is 0 Å². The summed E-state index contributed by atoms with van der Waals surface area (Å²) >= 11 is 0. The zero-order valence-electron chi connectivity index (χ0n) is 3.03. The first-order valence-corrected chi connectivity index (χ1v) is 0.612. The van der Waals surface area contributed by atoms with Crippen LogP contribution in [-0.2, 0) is 22.4 Å². The molecule has 0 rings (SSSR count). The van der Waals surface area contributed by atoms with E-state index in [2.05, 4.69) is 0 Å². The zero-order chi connectivity index (χ0) is 3.58. The Balaban J connectivity index is -0.0000000450. The summed E-state index contributed by atoms with van der Waals surface area (Å²) in [6, 6.07) is 0. The molecule has 34 valence electrons. The Morgan fingerprint density at radius 1 is 1.33 bits per heavy atom. The second kappa shape index (κ2) is 9.82. The zero-order valence-corrected chi connectivity index (χ0v) is 7.63. The van der Waals surface area contributed by atoms with Gasteiger partial charge in [-0.1, -0.05) is 0 Å². The molecule has 0 aliphatic rings. The normalized spacial score (nSPS) is 4.00. The summed E-state index contributed by atoms with van der Waals surface area (Å²) in [5, 5.41) is 16.7. The van der Waals surface area contributed by atoms with Gasteiger partial charge < -0.3 is 15.0 Å². The molecule has 0 spiro atoms. The van der Waals surface area contributed by atoms with Crippen molar-refractivity contribution in [3.8, 4) is 0 Å². The molecule has 0 atom stereocenters. The van der Waals surface area contributed by atoms with E-state index in [0.717, 1.165) is 0 Å². The van der Waals surface area contributed by atoms with Crippen molar-refractivity contribution in [2.45, 2.75) is 0 Å². The predicted octanol–water partition coefficient (Wildman–Crippen LogP) is -5.45. The number of carboxylic acid groups (broad SMARTS) is 2. The molecule has 0 amide bonds. The molecule has 0 saturated heterocycles. The van der Waals surface area contributed by atoms with Gasteiger partial charge in [-0.25, -0.2) is 0 Å². The van der Waals surface area contributed by atoms with Crippen LogP contribution in [0.3, 0.4) is 0 Å². The van der Waals surface area contributed by atoms with E-state index in [-0.39, 0.29) is 73.8 Å². The maximum Gasteiger partial charge on any atom is 1.00 e. The van der Waals surface area contributed by atoms with Crippen LogP contribution in [0.1, 0.15) is 0 Å². The Kier molecular flexibility index (Phi) is 25.6. The Morgan fingerprint density at radius 3 is 1.33 bits per heavy atom. The summed E-state index contributed by atoms with van der Waals surface area (Å²) in [4.78, 5) is 8.33. The Hall–Kier alpha value is 1.65. The van der Waals surface area contributed by atoms with Crippen molar-refractivity contribution >= 4 is 6.16 Å². The average Bonchev–Trinajstić information content (AvgIpc) is 0.811. The summed E-state index contributed by atoms with van der Waals surface area (Å²) in [7, 11) is 0. The van der Waals surface area contributed by atoms with E-state index in [4.69, 9.17) is 15.0 Å². The van der Waals surface area contributed by atoms with Gasteiger partial charge in [0.25, 0.3) is 0 Å². The molecule has 0 aliphatic carbocycles. The Bertz CT molecular complexity index is 33.8. The first kappa shape index (κ1) is 15.6. The summed E-state index contributed by atoms with van der Waals surface area (Å²) < 4.78 is 0. The number of carbonyl (C=O) groups is 1. The Morgan fingerprint density at radius 2 is 1.33 bits per heavy atom. The summed E-state index contributed by atoms with van der Waals surface area (Å²) in [5.41, 5.74) is 0. The summed E-state index contributed by atoms with van der Waals surface area (Å²) in [5.74, 6) is 0. The fourth-order valence-corrected chi connectivity index (χ4v) is 0. The van der Waals surface area contributed by atoms with E-state index in [1.165, 1.54) is 0 Å². The quantitative estimate of drug-likeness (QED) is 0.372. The van der Waals surface area contributed by atoms with Gasteiger partial charge in [-0.3, -0.25) is 0 Å². The molecule has 0 aromatic heterocycles. The van der Waals surface area contributed by atoms with Crippen molar-refractivity contribution in [2.24, 2.45) is 0 Å². The first-order chi connectivity index (χ1) is 1.73. The van der Waals surface area contributed by atoms with Crippen molar-refractivity contribution in [1.29, 1.82) is 0 Å². The van der Waals surface area contributed by atoms with Crippen LogP contribution < -0.4 is 61.6 Å². The van der Waals surface area contributed by atoms with Crippen molar-refractivity contribution in [3.63, 3.8) is 0 Å². The number of carbonyl (C=O) groups excluding carboxylic acids is 1. The molecule has 0 aromatic carbocycles. The molecule has 3 nitrogen and oxygen atoms in total. The fraction of sp³-hybridized carbons (Fsp3) is 0. The third-order valence-corrected chi connectivity index (χ3v) is 0.